The molecule has 0 radical (unpaired) electrons. The van der Waals surface area contributed by atoms with Gasteiger partial charge in [-0.05, 0) is 13.8 Å². The number of nitrogens with zero attached hydrogens (tertiary/aromatic N) is 2. The Morgan fingerprint density at radius 2 is 2.10 bits per heavy atom. The van der Waals surface area contributed by atoms with Crippen molar-refractivity contribution in [3.63, 3.8) is 0 Å². The highest BCUT2D eigenvalue weighted by Gasteiger charge is 2.30. The van der Waals surface area contributed by atoms with Crippen molar-refractivity contribution >= 4 is 44.9 Å². The number of rotatable bonds is 2. The summed E-state index contributed by atoms with van der Waals surface area (Å²) in [6.45, 7) is 9.10. The predicted molar refractivity (Wildman–Crippen MR) is 86.0 cm³/mol. The Bertz CT molecular complexity index is 667. The predicted octanol–water partition coefficient (Wildman–Crippen LogP) is 4.70. The standard InChI is InChI=1S/C14H17ClN2OS2/c1-7(2)19-13-16-10-8-6-18-14(3,4)5-9(8)20-11(10)12(15)17-13/h7H,5-6H2,1-4H3. The lowest BCUT2D eigenvalue weighted by atomic mass is 9.98. The maximum absolute atomic E-state index is 6.34. The van der Waals surface area contributed by atoms with E-state index in [2.05, 4.69) is 32.7 Å². The molecule has 0 spiro atoms. The fourth-order valence-electron chi connectivity index (χ4n) is 2.28. The molecule has 20 heavy (non-hydrogen) atoms. The second-order valence-corrected chi connectivity index (χ2v) is 8.88. The largest absolute Gasteiger partial charge is 0.370 e. The van der Waals surface area contributed by atoms with Crippen molar-refractivity contribution < 1.29 is 4.74 Å². The Morgan fingerprint density at radius 1 is 1.35 bits per heavy atom. The molecular formula is C14H17ClN2OS2. The number of thiophene rings is 1. The maximum Gasteiger partial charge on any atom is 0.189 e. The maximum atomic E-state index is 6.34. The van der Waals surface area contributed by atoms with E-state index < -0.39 is 0 Å². The van der Waals surface area contributed by atoms with Gasteiger partial charge in [0.25, 0.3) is 0 Å². The lowest BCUT2D eigenvalue weighted by molar-refractivity contribution is -0.0383. The van der Waals surface area contributed by atoms with Crippen LogP contribution in [0.4, 0.5) is 0 Å². The Morgan fingerprint density at radius 3 is 2.80 bits per heavy atom. The second kappa shape index (κ2) is 5.13. The molecule has 0 amide bonds. The summed E-state index contributed by atoms with van der Waals surface area (Å²) in [5.41, 5.74) is 2.06. The first-order valence-electron chi connectivity index (χ1n) is 6.64. The van der Waals surface area contributed by atoms with Crippen LogP contribution in [0.5, 0.6) is 0 Å². The number of ether oxygens (including phenoxy) is 1. The van der Waals surface area contributed by atoms with Gasteiger partial charge in [0.15, 0.2) is 10.3 Å². The smallest absolute Gasteiger partial charge is 0.189 e. The number of hydrogen-bond donors (Lipinski definition) is 0. The Kier molecular flexibility index (Phi) is 3.73. The Balaban J connectivity index is 2.12. The van der Waals surface area contributed by atoms with Gasteiger partial charge in [0, 0.05) is 22.1 Å². The van der Waals surface area contributed by atoms with Crippen molar-refractivity contribution in [1.82, 2.24) is 9.97 Å². The van der Waals surface area contributed by atoms with Gasteiger partial charge >= 0.3 is 0 Å². The molecule has 0 N–H and O–H groups in total. The van der Waals surface area contributed by atoms with Crippen LogP contribution >= 0.6 is 34.7 Å². The summed E-state index contributed by atoms with van der Waals surface area (Å²) in [6.07, 6.45) is 0.909. The van der Waals surface area contributed by atoms with E-state index in [1.165, 1.54) is 10.4 Å². The molecule has 2 aromatic rings. The molecular weight excluding hydrogens is 312 g/mol. The van der Waals surface area contributed by atoms with Gasteiger partial charge in [-0.15, -0.1) is 11.3 Å². The molecule has 108 valence electrons. The zero-order chi connectivity index (χ0) is 14.5. The second-order valence-electron chi connectivity index (χ2n) is 5.87. The van der Waals surface area contributed by atoms with E-state index in [1.54, 1.807) is 23.1 Å². The highest BCUT2D eigenvalue weighted by atomic mass is 35.5. The third-order valence-electron chi connectivity index (χ3n) is 3.19. The van der Waals surface area contributed by atoms with Crippen molar-refractivity contribution in [2.45, 2.75) is 56.7 Å². The zero-order valence-corrected chi connectivity index (χ0v) is 14.4. The number of fused-ring (bicyclic) bond motifs is 3. The van der Waals surface area contributed by atoms with Crippen LogP contribution < -0.4 is 0 Å². The molecule has 0 saturated heterocycles. The lowest BCUT2D eigenvalue weighted by Crippen LogP contribution is -2.30. The molecule has 0 bridgehead atoms. The van der Waals surface area contributed by atoms with Crippen LogP contribution in [-0.2, 0) is 17.8 Å². The van der Waals surface area contributed by atoms with Crippen molar-refractivity contribution in [3.8, 4) is 0 Å². The van der Waals surface area contributed by atoms with Gasteiger partial charge in [-0.2, -0.15) is 0 Å². The molecule has 0 aliphatic carbocycles. The Hall–Kier alpha value is -0.360. The normalized spacial score (nSPS) is 17.7. The van der Waals surface area contributed by atoms with E-state index in [0.717, 1.165) is 21.8 Å². The monoisotopic (exact) mass is 328 g/mol. The van der Waals surface area contributed by atoms with Gasteiger partial charge in [0.2, 0.25) is 0 Å². The van der Waals surface area contributed by atoms with Gasteiger partial charge in [-0.25, -0.2) is 9.97 Å². The van der Waals surface area contributed by atoms with Crippen molar-refractivity contribution in [2.75, 3.05) is 0 Å². The highest BCUT2D eigenvalue weighted by Crippen LogP contribution is 2.41. The fraction of sp³-hybridized carbons (Fsp3) is 0.571. The van der Waals surface area contributed by atoms with Gasteiger partial charge in [-0.1, -0.05) is 37.2 Å². The molecule has 6 heteroatoms. The van der Waals surface area contributed by atoms with Crippen LogP contribution in [0.15, 0.2) is 5.16 Å². The first-order valence-corrected chi connectivity index (χ1v) is 8.71. The van der Waals surface area contributed by atoms with Gasteiger partial charge in [0.05, 0.1) is 22.4 Å². The minimum Gasteiger partial charge on any atom is -0.370 e. The molecule has 0 atom stereocenters. The summed E-state index contributed by atoms with van der Waals surface area (Å²) in [5, 5.41) is 1.76. The van der Waals surface area contributed by atoms with E-state index in [4.69, 9.17) is 21.3 Å². The summed E-state index contributed by atoms with van der Waals surface area (Å²) >= 11 is 9.69. The minimum atomic E-state index is -0.108. The van der Waals surface area contributed by atoms with Crippen LogP contribution in [-0.4, -0.2) is 20.8 Å². The first kappa shape index (κ1) is 14.6. The number of thioether (sulfide) groups is 1. The van der Waals surface area contributed by atoms with E-state index in [-0.39, 0.29) is 5.60 Å². The summed E-state index contributed by atoms with van der Waals surface area (Å²) in [6, 6.07) is 0. The third-order valence-corrected chi connectivity index (χ3v) is 5.66. The van der Waals surface area contributed by atoms with Crippen molar-refractivity contribution in [3.05, 3.63) is 15.6 Å². The molecule has 3 rings (SSSR count). The summed E-state index contributed by atoms with van der Waals surface area (Å²) < 4.78 is 6.91. The number of hydrogen-bond acceptors (Lipinski definition) is 5. The molecule has 1 aliphatic rings. The zero-order valence-electron chi connectivity index (χ0n) is 12.0. The van der Waals surface area contributed by atoms with Crippen LogP contribution in [0.3, 0.4) is 0 Å². The highest BCUT2D eigenvalue weighted by molar-refractivity contribution is 7.99. The van der Waals surface area contributed by atoms with Crippen molar-refractivity contribution in [1.29, 1.82) is 0 Å². The van der Waals surface area contributed by atoms with E-state index in [1.807, 2.05) is 0 Å². The molecule has 3 heterocycles. The quantitative estimate of drug-likeness (QED) is 0.455. The van der Waals surface area contributed by atoms with Crippen molar-refractivity contribution in [2.24, 2.45) is 0 Å². The number of aromatic nitrogens is 2. The lowest BCUT2D eigenvalue weighted by Gasteiger charge is -2.29. The Labute approximate surface area is 132 Å². The van der Waals surface area contributed by atoms with Crippen LogP contribution in [0.1, 0.15) is 38.1 Å². The molecule has 0 saturated carbocycles. The fourth-order valence-corrected chi connectivity index (χ4v) is 4.66. The molecule has 2 aromatic heterocycles. The average molecular weight is 329 g/mol. The van der Waals surface area contributed by atoms with E-state index in [0.29, 0.717) is 17.0 Å². The van der Waals surface area contributed by atoms with Gasteiger partial charge in [-0.3, -0.25) is 0 Å². The van der Waals surface area contributed by atoms with Gasteiger partial charge < -0.3 is 4.74 Å². The molecule has 0 aromatic carbocycles. The minimum absolute atomic E-state index is 0.108. The van der Waals surface area contributed by atoms with E-state index in [9.17, 15) is 0 Å². The average Bonchev–Trinajstić information content (AvgIpc) is 2.64. The van der Waals surface area contributed by atoms with Crippen LogP contribution in [0.2, 0.25) is 5.15 Å². The molecule has 0 fully saturated rings. The SMILES string of the molecule is CC(C)Sc1nc(Cl)c2sc3c(c2n1)COC(C)(C)C3. The molecule has 0 unspecified atom stereocenters. The molecule has 3 nitrogen and oxygen atoms in total. The van der Waals surface area contributed by atoms with Gasteiger partial charge in [0.1, 0.15) is 0 Å². The summed E-state index contributed by atoms with van der Waals surface area (Å²) in [7, 11) is 0. The van der Waals surface area contributed by atoms with Crippen LogP contribution in [0.25, 0.3) is 10.2 Å². The first-order chi connectivity index (χ1) is 9.35. The van der Waals surface area contributed by atoms with E-state index >= 15 is 0 Å². The summed E-state index contributed by atoms with van der Waals surface area (Å²) in [5.74, 6) is 0. The molecule has 1 aliphatic heterocycles. The number of halogens is 1. The topological polar surface area (TPSA) is 35.0 Å². The third kappa shape index (κ3) is 2.69. The van der Waals surface area contributed by atoms with Crippen LogP contribution in [0, 0.1) is 0 Å². The summed E-state index contributed by atoms with van der Waals surface area (Å²) in [4.78, 5) is 10.4.